The lowest BCUT2D eigenvalue weighted by molar-refractivity contribution is -0.133. The molecule has 0 radical (unpaired) electrons. The minimum absolute atomic E-state index is 0.0657. The van der Waals surface area contributed by atoms with Gasteiger partial charge in [-0.1, -0.05) is 32.0 Å². The monoisotopic (exact) mass is 662 g/mol. The second-order valence-electron chi connectivity index (χ2n) is 11.1. The number of hydrogen-bond acceptors (Lipinski definition) is 11. The minimum atomic E-state index is -1.02. The summed E-state index contributed by atoms with van der Waals surface area (Å²) in [5.74, 6) is 0.480. The number of aromatic nitrogens is 3. The summed E-state index contributed by atoms with van der Waals surface area (Å²) in [6.07, 6.45) is 0.416. The number of nitrogens with zero attached hydrogens (tertiary/aromatic N) is 4. The highest BCUT2D eigenvalue weighted by atomic mass is 16.6. The number of aliphatic hydroxyl groups is 1. The fraction of sp³-hybridized carbons (Fsp3) is 0.636. The van der Waals surface area contributed by atoms with E-state index in [9.17, 15) is 14.7 Å². The molecule has 14 heteroatoms. The van der Waals surface area contributed by atoms with Gasteiger partial charge >= 0.3 is 0 Å². The van der Waals surface area contributed by atoms with Gasteiger partial charge in [0, 0.05) is 18.4 Å². The lowest BCUT2D eigenvalue weighted by Crippen LogP contribution is -2.34. The van der Waals surface area contributed by atoms with Gasteiger partial charge in [-0.3, -0.25) is 9.59 Å². The normalized spacial score (nSPS) is 11.5. The first-order valence-corrected chi connectivity index (χ1v) is 16.3. The average Bonchev–Trinajstić information content (AvgIpc) is 3.39. The third kappa shape index (κ3) is 14.1. The number of carbonyl (C=O) groups excluding carboxylic acids is 2. The summed E-state index contributed by atoms with van der Waals surface area (Å²) >= 11 is 0. The quantitative estimate of drug-likeness (QED) is 0.127. The molecule has 5 N–H and O–H groups in total. The number of amides is 2. The molecule has 0 saturated carbocycles. The van der Waals surface area contributed by atoms with Crippen LogP contribution in [0.5, 0.6) is 0 Å². The van der Waals surface area contributed by atoms with Gasteiger partial charge in [0.05, 0.1) is 102 Å². The summed E-state index contributed by atoms with van der Waals surface area (Å²) in [4.78, 5) is 34.7. The van der Waals surface area contributed by atoms with Crippen molar-refractivity contribution in [3.8, 4) is 0 Å². The highest BCUT2D eigenvalue weighted by Crippen LogP contribution is 2.30. The molecular weight excluding hydrogens is 608 g/mol. The van der Waals surface area contributed by atoms with E-state index >= 15 is 0 Å². The van der Waals surface area contributed by atoms with Gasteiger partial charge in [-0.25, -0.2) is 9.97 Å². The second-order valence-corrected chi connectivity index (χ2v) is 11.1. The Hall–Kier alpha value is -3.40. The molecule has 0 spiro atoms. The molecule has 0 bridgehead atoms. The molecular formula is C33H54N6O8. The highest BCUT2D eigenvalue weighted by Gasteiger charge is 2.24. The lowest BCUT2D eigenvalue weighted by atomic mass is 10.1. The van der Waals surface area contributed by atoms with Crippen LogP contribution >= 0.6 is 0 Å². The first-order chi connectivity index (χ1) is 22.6. The van der Waals surface area contributed by atoms with E-state index in [1.807, 2.05) is 49.6 Å². The zero-order valence-electron chi connectivity index (χ0n) is 28.7. The number of anilines is 1. The van der Waals surface area contributed by atoms with Gasteiger partial charge in [-0.05, 0) is 26.8 Å². The van der Waals surface area contributed by atoms with E-state index < -0.39 is 5.60 Å². The minimum Gasteiger partial charge on any atom is -0.389 e. The van der Waals surface area contributed by atoms with Gasteiger partial charge in [0.1, 0.15) is 11.3 Å². The largest absolute Gasteiger partial charge is 0.389 e. The molecule has 0 aliphatic carbocycles. The Morgan fingerprint density at radius 1 is 0.851 bits per heavy atom. The molecule has 0 saturated heterocycles. The van der Waals surface area contributed by atoms with E-state index in [1.165, 1.54) is 0 Å². The van der Waals surface area contributed by atoms with Crippen LogP contribution in [0.2, 0.25) is 0 Å². The van der Waals surface area contributed by atoms with Gasteiger partial charge < -0.3 is 49.7 Å². The Bertz CT molecular complexity index is 1360. The zero-order chi connectivity index (χ0) is 34.7. The average molecular weight is 663 g/mol. The van der Waals surface area contributed by atoms with Crippen molar-refractivity contribution in [2.45, 2.75) is 66.2 Å². The Morgan fingerprint density at radius 2 is 1.36 bits per heavy atom. The van der Waals surface area contributed by atoms with Crippen molar-refractivity contribution in [3.05, 3.63) is 30.1 Å². The number of hydrogen-bond donors (Lipinski definition) is 3. The van der Waals surface area contributed by atoms with Gasteiger partial charge in [-0.15, -0.1) is 0 Å². The predicted octanol–water partition coefficient (Wildman–Crippen LogP) is 2.66. The molecule has 0 unspecified atom stereocenters. The number of ether oxygens (including phenoxy) is 5. The van der Waals surface area contributed by atoms with Crippen molar-refractivity contribution in [2.24, 2.45) is 5.73 Å². The summed E-state index contributed by atoms with van der Waals surface area (Å²) in [7, 11) is 0. The van der Waals surface area contributed by atoms with E-state index in [-0.39, 0.29) is 44.4 Å². The molecule has 264 valence electrons. The number of nitrogen functional groups attached to an aromatic ring is 1. The van der Waals surface area contributed by atoms with Crippen LogP contribution in [0.1, 0.15) is 53.3 Å². The summed E-state index contributed by atoms with van der Waals surface area (Å²) < 4.78 is 29.1. The highest BCUT2D eigenvalue weighted by molar-refractivity contribution is 6.06. The summed E-state index contributed by atoms with van der Waals surface area (Å²) in [6.45, 7) is 14.2. The van der Waals surface area contributed by atoms with Crippen LogP contribution in [0.3, 0.4) is 0 Å². The number of nitrogens with two attached hydrogens (primary N) is 2. The Labute approximate surface area is 277 Å². The number of primary amides is 1. The summed E-state index contributed by atoms with van der Waals surface area (Å²) in [5.41, 5.74) is 12.4. The van der Waals surface area contributed by atoms with Crippen LogP contribution in [-0.2, 0) is 46.4 Å². The number of pyridine rings is 1. The zero-order valence-corrected chi connectivity index (χ0v) is 28.7. The van der Waals surface area contributed by atoms with Crippen molar-refractivity contribution in [3.63, 3.8) is 0 Å². The van der Waals surface area contributed by atoms with Gasteiger partial charge in [0.2, 0.25) is 11.8 Å². The van der Waals surface area contributed by atoms with Crippen LogP contribution in [0.25, 0.3) is 21.9 Å². The number of carbonyl (C=O) groups is 2. The molecule has 2 amide bonds. The van der Waals surface area contributed by atoms with Crippen LogP contribution in [-0.4, -0.2) is 115 Å². The van der Waals surface area contributed by atoms with Gasteiger partial charge in [0.15, 0.2) is 5.82 Å². The van der Waals surface area contributed by atoms with E-state index in [0.29, 0.717) is 83.2 Å². The van der Waals surface area contributed by atoms with Gasteiger partial charge in [0.25, 0.3) is 0 Å². The van der Waals surface area contributed by atoms with Crippen LogP contribution < -0.4 is 11.5 Å². The molecule has 0 aliphatic heterocycles. The molecule has 3 rings (SSSR count). The molecule has 2 aromatic heterocycles. The molecule has 0 atom stereocenters. The van der Waals surface area contributed by atoms with Gasteiger partial charge in [-0.2, -0.15) is 0 Å². The van der Waals surface area contributed by atoms with E-state index in [2.05, 4.69) is 4.98 Å². The number of rotatable bonds is 23. The second kappa shape index (κ2) is 21.5. The van der Waals surface area contributed by atoms with Crippen LogP contribution in [0.15, 0.2) is 24.3 Å². The third-order valence-electron chi connectivity index (χ3n) is 6.74. The van der Waals surface area contributed by atoms with E-state index in [0.717, 1.165) is 16.4 Å². The Morgan fingerprint density at radius 3 is 1.87 bits per heavy atom. The molecule has 0 aliphatic rings. The van der Waals surface area contributed by atoms with Crippen LogP contribution in [0, 0.1) is 0 Å². The maximum atomic E-state index is 13.1. The molecule has 3 aromatic rings. The molecule has 47 heavy (non-hydrogen) atoms. The van der Waals surface area contributed by atoms with Crippen molar-refractivity contribution in [1.82, 2.24) is 19.4 Å². The molecule has 14 nitrogen and oxygen atoms in total. The fourth-order valence-corrected chi connectivity index (χ4v) is 4.60. The standard InChI is InChI=1S/C31H48N6O8.C2H6/c1-4-36(27(39)10-12-42-14-16-44-18-20-45-19-17-43-15-13-41-11-9-25(32)38)21-26-35-28-29(37(26)22-31(2,3)40)23-7-5-6-8-24(23)34-30(28)33;1-2/h5-8,40H,4,9-22H2,1-3H3,(H2,32,38)(H2,33,34);1-2H3. The maximum absolute atomic E-state index is 13.1. The molecule has 1 aromatic carbocycles. The topological polar surface area (TPSA) is 187 Å². The third-order valence-corrected chi connectivity index (χ3v) is 6.74. The number of para-hydroxylation sites is 1. The lowest BCUT2D eigenvalue weighted by Gasteiger charge is -2.24. The van der Waals surface area contributed by atoms with Crippen molar-refractivity contribution < 1.29 is 38.4 Å². The first kappa shape index (κ1) is 39.8. The fourth-order valence-electron chi connectivity index (χ4n) is 4.60. The summed E-state index contributed by atoms with van der Waals surface area (Å²) in [6, 6.07) is 7.68. The smallest absolute Gasteiger partial charge is 0.225 e. The van der Waals surface area contributed by atoms with Crippen molar-refractivity contribution in [1.29, 1.82) is 0 Å². The SMILES string of the molecule is CC.CCN(Cc1nc2c(N)nc3ccccc3c2n1CC(C)(C)O)C(=O)CCOCCOCCOCCOCCOCCC(N)=O. The Kier molecular flexibility index (Phi) is 18.2. The van der Waals surface area contributed by atoms with Crippen molar-refractivity contribution >= 4 is 39.6 Å². The summed E-state index contributed by atoms with van der Waals surface area (Å²) in [5, 5.41) is 11.6. The number of imidazole rings is 1. The molecule has 0 fully saturated rings. The maximum Gasteiger partial charge on any atom is 0.225 e. The van der Waals surface area contributed by atoms with E-state index in [4.69, 9.17) is 40.1 Å². The number of fused-ring (bicyclic) bond motifs is 3. The Balaban J connectivity index is 0.00000376. The first-order valence-electron chi connectivity index (χ1n) is 16.3. The molecule has 2 heterocycles. The predicted molar refractivity (Wildman–Crippen MR) is 181 cm³/mol. The van der Waals surface area contributed by atoms with Crippen molar-refractivity contribution in [2.75, 3.05) is 78.3 Å². The van der Waals surface area contributed by atoms with E-state index in [1.54, 1.807) is 18.7 Å². The number of benzene rings is 1. The van der Waals surface area contributed by atoms with Crippen LogP contribution in [0.4, 0.5) is 5.82 Å².